The number of pyridine rings is 1. The minimum Gasteiger partial charge on any atom is -0.491 e. The van der Waals surface area contributed by atoms with Crippen LogP contribution in [0.25, 0.3) is 22.3 Å². The van der Waals surface area contributed by atoms with E-state index in [0.717, 1.165) is 18.0 Å². The highest BCUT2D eigenvalue weighted by Gasteiger charge is 2.61. The number of thiazole rings is 1. The molecule has 3 heterocycles. The van der Waals surface area contributed by atoms with Crippen LogP contribution in [-0.4, -0.2) is 118 Å². The van der Waals surface area contributed by atoms with E-state index in [2.05, 4.69) is 16.0 Å². The lowest BCUT2D eigenvalue weighted by Crippen LogP contribution is -2.59. The number of carboxylic acids is 1. The number of ether oxygens (including phenoxy) is 3. The second kappa shape index (κ2) is 17.2. The molecule has 60 heavy (non-hydrogen) atoms. The number of likely N-dealkylation sites (tertiary alicyclic amines) is 1. The van der Waals surface area contributed by atoms with E-state index in [1.807, 2.05) is 72.0 Å². The van der Waals surface area contributed by atoms with E-state index in [1.54, 1.807) is 12.1 Å². The highest BCUT2D eigenvalue weighted by molar-refractivity contribution is 7.14. The number of carbonyl (C=O) groups is 4. The molecule has 4 N–H and O–H groups in total. The molecule has 0 bridgehead atoms. The summed E-state index contributed by atoms with van der Waals surface area (Å²) in [6.45, 7) is 12.5. The minimum absolute atomic E-state index is 0.0265. The van der Waals surface area contributed by atoms with Gasteiger partial charge >= 0.3 is 12.1 Å². The first-order valence-corrected chi connectivity index (χ1v) is 22.3. The lowest BCUT2D eigenvalue weighted by atomic mass is 9.85. The van der Waals surface area contributed by atoms with Crippen LogP contribution in [0.3, 0.4) is 0 Å². The molecule has 3 saturated carbocycles. The Morgan fingerprint density at radius 3 is 2.42 bits per heavy atom. The van der Waals surface area contributed by atoms with Gasteiger partial charge in [0.1, 0.15) is 58.7 Å². The van der Waals surface area contributed by atoms with Gasteiger partial charge in [-0.05, 0) is 88.9 Å². The van der Waals surface area contributed by atoms with Crippen molar-refractivity contribution >= 4 is 62.8 Å². The van der Waals surface area contributed by atoms with Crippen molar-refractivity contribution in [2.45, 2.75) is 116 Å². The molecule has 1 aromatic carbocycles. The summed E-state index contributed by atoms with van der Waals surface area (Å²) >= 11 is 8.46. The SMILES string of the molecule is CC[C@@H]1C[C@]1(NC(=O)[C@@H]1C[C@@H](Oc2cc(-c3csc(NC(C)C)n3)nc3c(Cl)c(OCCN(C)C)ccc23)CN1C(=O)[C@@H](NC(=O)OC1C[C@@H]2C[C@@H]2C1)C(C)(C)C)C(=O)O. The first-order chi connectivity index (χ1) is 28.4. The summed E-state index contributed by atoms with van der Waals surface area (Å²) in [5, 5.41) is 22.7. The van der Waals surface area contributed by atoms with Gasteiger partial charge in [-0.2, -0.15) is 0 Å². The Kier molecular flexibility index (Phi) is 12.5. The van der Waals surface area contributed by atoms with Gasteiger partial charge in [0.2, 0.25) is 11.8 Å². The zero-order valence-corrected chi connectivity index (χ0v) is 37.2. The molecule has 4 fully saturated rings. The second-order valence-corrected chi connectivity index (χ2v) is 19.8. The third-order valence-corrected chi connectivity index (χ3v) is 13.3. The number of carboxylic acid groups (broad SMARTS) is 1. The topological polar surface area (TPSA) is 185 Å². The Morgan fingerprint density at radius 2 is 1.78 bits per heavy atom. The molecule has 326 valence electrons. The number of rotatable bonds is 16. The molecule has 0 spiro atoms. The third kappa shape index (κ3) is 9.40. The number of anilines is 1. The van der Waals surface area contributed by atoms with Crippen molar-refractivity contribution in [3.8, 4) is 22.9 Å². The molecule has 3 aromatic rings. The van der Waals surface area contributed by atoms with Crippen molar-refractivity contribution in [1.29, 1.82) is 0 Å². The van der Waals surface area contributed by atoms with Crippen LogP contribution in [0.15, 0.2) is 23.6 Å². The number of benzene rings is 1. The fourth-order valence-electron chi connectivity index (χ4n) is 8.61. The molecule has 7 rings (SSSR count). The van der Waals surface area contributed by atoms with E-state index in [0.29, 0.717) is 76.6 Å². The van der Waals surface area contributed by atoms with Gasteiger partial charge < -0.3 is 45.1 Å². The van der Waals surface area contributed by atoms with E-state index in [1.165, 1.54) is 22.7 Å². The van der Waals surface area contributed by atoms with Crippen LogP contribution in [0.4, 0.5) is 9.93 Å². The molecule has 0 radical (unpaired) electrons. The smallest absolute Gasteiger partial charge is 0.408 e. The highest BCUT2D eigenvalue weighted by Crippen LogP contribution is 2.52. The molecule has 1 saturated heterocycles. The van der Waals surface area contributed by atoms with Crippen LogP contribution in [-0.2, 0) is 19.1 Å². The Balaban J connectivity index is 1.21. The van der Waals surface area contributed by atoms with Crippen molar-refractivity contribution in [3.05, 3.63) is 28.6 Å². The summed E-state index contributed by atoms with van der Waals surface area (Å²) in [5.74, 6) is -0.373. The minimum atomic E-state index is -1.41. The van der Waals surface area contributed by atoms with Crippen LogP contribution in [0.5, 0.6) is 11.5 Å². The van der Waals surface area contributed by atoms with E-state index in [-0.39, 0.29) is 31.0 Å². The first kappa shape index (κ1) is 43.7. The number of fused-ring (bicyclic) bond motifs is 2. The quantitative estimate of drug-likeness (QED) is 0.124. The number of halogens is 1. The van der Waals surface area contributed by atoms with Gasteiger partial charge in [0.05, 0.1) is 17.8 Å². The van der Waals surface area contributed by atoms with Crippen LogP contribution in [0.2, 0.25) is 5.02 Å². The maximum Gasteiger partial charge on any atom is 0.408 e. The Morgan fingerprint density at radius 1 is 1.05 bits per heavy atom. The second-order valence-electron chi connectivity index (χ2n) is 18.5. The van der Waals surface area contributed by atoms with Crippen LogP contribution < -0.4 is 25.4 Å². The first-order valence-electron chi connectivity index (χ1n) is 21.0. The maximum atomic E-state index is 14.8. The Hall–Kier alpha value is -4.41. The zero-order chi connectivity index (χ0) is 43.3. The summed E-state index contributed by atoms with van der Waals surface area (Å²) in [6, 6.07) is 3.36. The number of aliphatic carboxylic acids is 1. The van der Waals surface area contributed by atoms with Crippen LogP contribution in [0, 0.1) is 23.2 Å². The molecule has 8 atom stereocenters. The van der Waals surface area contributed by atoms with Gasteiger partial charge in [0, 0.05) is 35.8 Å². The molecule has 3 amide bonds. The molecular formula is C43H58ClN7O8S. The monoisotopic (exact) mass is 867 g/mol. The van der Waals surface area contributed by atoms with Crippen molar-refractivity contribution in [2.75, 3.05) is 39.1 Å². The normalized spacial score (nSPS) is 26.1. The zero-order valence-electron chi connectivity index (χ0n) is 35.7. The Labute approximate surface area is 360 Å². The van der Waals surface area contributed by atoms with E-state index in [9.17, 15) is 24.3 Å². The summed E-state index contributed by atoms with van der Waals surface area (Å²) in [4.78, 5) is 68.0. The summed E-state index contributed by atoms with van der Waals surface area (Å²) in [5.41, 5.74) is -0.675. The molecule has 1 aliphatic heterocycles. The maximum absolute atomic E-state index is 14.8. The van der Waals surface area contributed by atoms with E-state index in [4.69, 9.17) is 35.8 Å². The molecule has 17 heteroatoms. The molecule has 1 unspecified atom stereocenters. The van der Waals surface area contributed by atoms with Gasteiger partial charge in [-0.25, -0.2) is 19.6 Å². The molecule has 2 aromatic heterocycles. The lowest BCUT2D eigenvalue weighted by molar-refractivity contribution is -0.146. The van der Waals surface area contributed by atoms with Gasteiger partial charge in [-0.3, -0.25) is 9.59 Å². The Bertz CT molecular complexity index is 2120. The average molecular weight is 868 g/mol. The number of alkyl carbamates (subject to hydrolysis) is 1. The highest BCUT2D eigenvalue weighted by atomic mass is 35.5. The fourth-order valence-corrected chi connectivity index (χ4v) is 9.73. The number of nitrogens with zero attached hydrogens (tertiary/aromatic N) is 4. The van der Waals surface area contributed by atoms with Crippen LogP contribution >= 0.6 is 22.9 Å². The van der Waals surface area contributed by atoms with Gasteiger partial charge in [-0.1, -0.05) is 45.7 Å². The summed E-state index contributed by atoms with van der Waals surface area (Å²) in [7, 11) is 3.91. The standard InChI is InChI=1S/C43H58ClN7O8S/c1-9-25-19-43(25,39(54)55)49-37(52)31-17-27(20-51(31)38(53)36(42(4,5)6)48-41(56)59-26-15-23-14-24(23)16-26)58-33-18-29(30-21-60-40(47-30)45-22(2)3)46-35-28(33)10-11-32(34(35)44)57-13-12-50(7)8/h10-11,18,21-27,31,36H,9,12-17,19-20H2,1-8H3,(H,45,47)(H,48,56)(H,49,52)(H,54,55)/t23-,24+,25-,26?,27-,31+,36-,43-/m1/s1. The summed E-state index contributed by atoms with van der Waals surface area (Å²) in [6.07, 6.45) is 2.14. The number of nitrogens with one attached hydrogen (secondary N) is 3. The van der Waals surface area contributed by atoms with E-state index >= 15 is 0 Å². The van der Waals surface area contributed by atoms with E-state index < -0.39 is 53.0 Å². The van der Waals surface area contributed by atoms with Gasteiger partial charge in [0.25, 0.3) is 0 Å². The lowest BCUT2D eigenvalue weighted by Gasteiger charge is -2.35. The number of aromatic nitrogens is 2. The largest absolute Gasteiger partial charge is 0.491 e. The molecule has 4 aliphatic rings. The third-order valence-electron chi connectivity index (χ3n) is 12.1. The van der Waals surface area contributed by atoms with Gasteiger partial charge in [-0.15, -0.1) is 11.3 Å². The number of likely N-dealkylation sites (N-methyl/N-ethyl adjacent to an activating group) is 1. The fraction of sp³-hybridized carbons (Fsp3) is 0.628. The van der Waals surface area contributed by atoms with Crippen molar-refractivity contribution in [1.82, 2.24) is 30.4 Å². The predicted molar refractivity (Wildman–Crippen MR) is 230 cm³/mol. The number of hydrogen-bond acceptors (Lipinski definition) is 12. The summed E-state index contributed by atoms with van der Waals surface area (Å²) < 4.78 is 18.6. The van der Waals surface area contributed by atoms with Crippen LogP contribution in [0.1, 0.15) is 80.1 Å². The van der Waals surface area contributed by atoms with Crippen molar-refractivity contribution in [2.24, 2.45) is 23.2 Å². The molecule has 3 aliphatic carbocycles. The molecule has 15 nitrogen and oxygen atoms in total. The van der Waals surface area contributed by atoms with Gasteiger partial charge in [0.15, 0.2) is 5.13 Å². The predicted octanol–water partition coefficient (Wildman–Crippen LogP) is 6.43. The number of amides is 3. The number of hydrogen-bond donors (Lipinski definition) is 4. The number of carbonyl (C=O) groups excluding carboxylic acids is 3. The van der Waals surface area contributed by atoms with Crippen molar-refractivity contribution in [3.63, 3.8) is 0 Å². The average Bonchev–Trinajstić information content (AvgIpc) is 3.84. The van der Waals surface area contributed by atoms with Crippen molar-refractivity contribution < 1.29 is 38.5 Å². The molecular weight excluding hydrogens is 810 g/mol.